The molecule has 12 heteroatoms. The van der Waals surface area contributed by atoms with E-state index in [0.29, 0.717) is 10.6 Å². The van der Waals surface area contributed by atoms with Crippen molar-refractivity contribution in [3.8, 4) is 16.9 Å². The highest BCUT2D eigenvalue weighted by Gasteiger charge is 2.31. The average molecular weight is 464 g/mol. The molecule has 0 aliphatic heterocycles. The van der Waals surface area contributed by atoms with Gasteiger partial charge in [-0.15, -0.1) is 13.2 Å². The molecule has 0 radical (unpaired) electrons. The maximum absolute atomic E-state index is 12.6. The standard InChI is InChI=1S/C17H10Cl2F3N3O3S/c18-11-3-1-10(2-4-11)14-15(19)23-9-24-16(14)25-29(26,27)13-7-5-12(6-8-13)28-17(20,21)22/h1-9H,(H,23,24,25). The van der Waals surface area contributed by atoms with E-state index < -0.39 is 22.1 Å². The van der Waals surface area contributed by atoms with Crippen LogP contribution in [0.1, 0.15) is 0 Å². The first kappa shape index (κ1) is 21.2. The topological polar surface area (TPSA) is 81.2 Å². The Balaban J connectivity index is 1.93. The number of halogens is 5. The molecule has 0 atom stereocenters. The molecule has 0 fully saturated rings. The molecule has 1 aromatic heterocycles. The van der Waals surface area contributed by atoms with Gasteiger partial charge in [-0.1, -0.05) is 35.3 Å². The zero-order valence-electron chi connectivity index (χ0n) is 14.1. The second-order valence-corrected chi connectivity index (χ2v) is 8.00. The fraction of sp³-hybridized carbons (Fsp3) is 0.0588. The maximum Gasteiger partial charge on any atom is 0.573 e. The van der Waals surface area contributed by atoms with Gasteiger partial charge < -0.3 is 4.74 Å². The van der Waals surface area contributed by atoms with Gasteiger partial charge in [0.15, 0.2) is 5.82 Å². The van der Waals surface area contributed by atoms with Crippen LogP contribution in [-0.4, -0.2) is 24.7 Å². The van der Waals surface area contributed by atoms with Crippen LogP contribution in [0.15, 0.2) is 59.8 Å². The highest BCUT2D eigenvalue weighted by molar-refractivity contribution is 7.92. The fourth-order valence-electron chi connectivity index (χ4n) is 2.32. The summed E-state index contributed by atoms with van der Waals surface area (Å²) >= 11 is 12.0. The molecule has 3 aromatic rings. The number of benzene rings is 2. The Hall–Kier alpha value is -2.56. The molecule has 2 aromatic carbocycles. The van der Waals surface area contributed by atoms with E-state index in [4.69, 9.17) is 23.2 Å². The molecule has 1 heterocycles. The normalized spacial score (nSPS) is 11.9. The van der Waals surface area contributed by atoms with Gasteiger partial charge in [-0.3, -0.25) is 4.72 Å². The first-order valence-corrected chi connectivity index (χ1v) is 9.94. The number of hydrogen-bond acceptors (Lipinski definition) is 5. The Morgan fingerprint density at radius 1 is 0.931 bits per heavy atom. The molecule has 0 amide bonds. The lowest BCUT2D eigenvalue weighted by molar-refractivity contribution is -0.274. The minimum atomic E-state index is -4.89. The third kappa shape index (κ3) is 5.28. The van der Waals surface area contributed by atoms with Gasteiger partial charge in [-0.2, -0.15) is 0 Å². The SMILES string of the molecule is O=S(=O)(Nc1ncnc(Cl)c1-c1ccc(Cl)cc1)c1ccc(OC(F)(F)F)cc1. The molecular formula is C17H10Cl2F3N3O3S. The second-order valence-electron chi connectivity index (χ2n) is 5.52. The van der Waals surface area contributed by atoms with Crippen LogP contribution < -0.4 is 9.46 Å². The number of hydrogen-bond donors (Lipinski definition) is 1. The quantitative estimate of drug-likeness (QED) is 0.529. The van der Waals surface area contributed by atoms with E-state index in [1.165, 1.54) is 0 Å². The van der Waals surface area contributed by atoms with E-state index in [-0.39, 0.29) is 21.4 Å². The monoisotopic (exact) mass is 463 g/mol. The van der Waals surface area contributed by atoms with Crippen molar-refractivity contribution in [3.63, 3.8) is 0 Å². The molecule has 29 heavy (non-hydrogen) atoms. The summed E-state index contributed by atoms with van der Waals surface area (Å²) in [4.78, 5) is 7.47. The van der Waals surface area contributed by atoms with Crippen molar-refractivity contribution >= 4 is 39.0 Å². The smallest absolute Gasteiger partial charge is 0.406 e. The lowest BCUT2D eigenvalue weighted by Crippen LogP contribution is -2.17. The van der Waals surface area contributed by atoms with Crippen molar-refractivity contribution in [2.45, 2.75) is 11.3 Å². The van der Waals surface area contributed by atoms with Gasteiger partial charge in [-0.05, 0) is 42.0 Å². The van der Waals surface area contributed by atoms with Gasteiger partial charge >= 0.3 is 6.36 Å². The summed E-state index contributed by atoms with van der Waals surface area (Å²) in [5.74, 6) is -0.661. The zero-order valence-corrected chi connectivity index (χ0v) is 16.4. The Bertz CT molecular complexity index is 1120. The van der Waals surface area contributed by atoms with E-state index >= 15 is 0 Å². The molecule has 0 bridgehead atoms. The molecule has 0 aliphatic rings. The number of anilines is 1. The van der Waals surface area contributed by atoms with E-state index in [1.807, 2.05) is 0 Å². The number of alkyl halides is 3. The van der Waals surface area contributed by atoms with Gasteiger partial charge in [0.25, 0.3) is 10.0 Å². The van der Waals surface area contributed by atoms with Crippen LogP contribution in [0.2, 0.25) is 10.2 Å². The Kier molecular flexibility index (Phi) is 5.87. The van der Waals surface area contributed by atoms with Gasteiger partial charge in [0.1, 0.15) is 17.2 Å². The molecule has 1 N–H and O–H groups in total. The van der Waals surface area contributed by atoms with E-state index in [1.54, 1.807) is 24.3 Å². The predicted octanol–water partition coefficient (Wildman–Crippen LogP) is 5.15. The van der Waals surface area contributed by atoms with Crippen molar-refractivity contribution in [1.29, 1.82) is 0 Å². The molecule has 152 valence electrons. The minimum Gasteiger partial charge on any atom is -0.406 e. The van der Waals surface area contributed by atoms with Crippen LogP contribution >= 0.6 is 23.2 Å². The van der Waals surface area contributed by atoms with Crippen LogP contribution in [0.25, 0.3) is 11.1 Å². The fourth-order valence-corrected chi connectivity index (χ4v) is 3.71. The van der Waals surface area contributed by atoms with Crippen LogP contribution in [0.3, 0.4) is 0 Å². The van der Waals surface area contributed by atoms with E-state index in [0.717, 1.165) is 30.6 Å². The Morgan fingerprint density at radius 3 is 2.14 bits per heavy atom. The molecule has 3 rings (SSSR count). The molecule has 0 saturated heterocycles. The maximum atomic E-state index is 12.6. The Labute approximate surface area is 173 Å². The van der Waals surface area contributed by atoms with Crippen molar-refractivity contribution in [3.05, 3.63) is 65.0 Å². The van der Waals surface area contributed by atoms with Gasteiger partial charge in [0.2, 0.25) is 0 Å². The van der Waals surface area contributed by atoms with Crippen LogP contribution in [0.5, 0.6) is 5.75 Å². The largest absolute Gasteiger partial charge is 0.573 e. The van der Waals surface area contributed by atoms with Gasteiger partial charge in [-0.25, -0.2) is 18.4 Å². The van der Waals surface area contributed by atoms with Gasteiger partial charge in [0, 0.05) is 5.02 Å². The van der Waals surface area contributed by atoms with E-state index in [2.05, 4.69) is 19.4 Å². The number of nitrogens with zero attached hydrogens (tertiary/aromatic N) is 2. The molecule has 6 nitrogen and oxygen atoms in total. The average Bonchev–Trinajstić information content (AvgIpc) is 2.62. The highest BCUT2D eigenvalue weighted by atomic mass is 35.5. The molecule has 0 aliphatic carbocycles. The minimum absolute atomic E-state index is 0.00560. The van der Waals surface area contributed by atoms with E-state index in [9.17, 15) is 21.6 Å². The second kappa shape index (κ2) is 8.05. The molecule has 0 spiro atoms. The molecule has 0 unspecified atom stereocenters. The van der Waals surface area contributed by atoms with Crippen LogP contribution in [-0.2, 0) is 10.0 Å². The Morgan fingerprint density at radius 2 is 1.55 bits per heavy atom. The zero-order chi connectivity index (χ0) is 21.2. The summed E-state index contributed by atoms with van der Waals surface area (Å²) in [6, 6.07) is 10.1. The van der Waals surface area contributed by atoms with Crippen molar-refractivity contribution in [2.75, 3.05) is 4.72 Å². The summed E-state index contributed by atoms with van der Waals surface area (Å²) in [5.41, 5.74) is 0.720. The number of rotatable bonds is 5. The summed E-state index contributed by atoms with van der Waals surface area (Å²) in [6.07, 6.45) is -3.82. The van der Waals surface area contributed by atoms with Crippen LogP contribution in [0.4, 0.5) is 19.0 Å². The third-order valence-electron chi connectivity index (χ3n) is 3.53. The predicted molar refractivity (Wildman–Crippen MR) is 101 cm³/mol. The first-order valence-electron chi connectivity index (χ1n) is 7.70. The number of ether oxygens (including phenoxy) is 1. The summed E-state index contributed by atoms with van der Waals surface area (Å²) in [5, 5.41) is 0.457. The lowest BCUT2D eigenvalue weighted by Gasteiger charge is -2.13. The summed E-state index contributed by atoms with van der Waals surface area (Å²) < 4.78 is 68.0. The molecule has 0 saturated carbocycles. The number of nitrogens with one attached hydrogen (secondary N) is 1. The lowest BCUT2D eigenvalue weighted by atomic mass is 10.1. The van der Waals surface area contributed by atoms with Crippen LogP contribution in [0, 0.1) is 0 Å². The summed E-state index contributed by atoms with van der Waals surface area (Å²) in [6.45, 7) is 0. The van der Waals surface area contributed by atoms with Crippen molar-refractivity contribution in [1.82, 2.24) is 9.97 Å². The summed E-state index contributed by atoms with van der Waals surface area (Å²) in [7, 11) is -4.19. The third-order valence-corrected chi connectivity index (χ3v) is 5.43. The van der Waals surface area contributed by atoms with Gasteiger partial charge in [0.05, 0.1) is 10.5 Å². The van der Waals surface area contributed by atoms with Crippen molar-refractivity contribution < 1.29 is 26.3 Å². The number of sulfonamides is 1. The highest BCUT2D eigenvalue weighted by Crippen LogP contribution is 2.34. The number of aromatic nitrogens is 2. The molecular weight excluding hydrogens is 454 g/mol. The van der Waals surface area contributed by atoms with Crippen molar-refractivity contribution in [2.24, 2.45) is 0 Å². The first-order chi connectivity index (χ1) is 13.5.